The molecule has 2 aliphatic rings. The molecular weight excluding hydrogens is 625 g/mol. The lowest BCUT2D eigenvalue weighted by Crippen LogP contribution is -2.52. The SMILES string of the molecule is Cc1cc(-c2ccc(N(C)C)nc2)ncc1-c1nc2ccc(CCCCOc3ccc4c(c3)CN(C3CCC(=O)NC3=O)C4=O)cc2s1. The van der Waals surface area contributed by atoms with E-state index in [9.17, 15) is 14.4 Å². The first-order chi connectivity index (χ1) is 23.2. The van der Waals surface area contributed by atoms with E-state index >= 15 is 0 Å². The molecular formula is C37H36N6O4S. The first-order valence-corrected chi connectivity index (χ1v) is 17.0. The summed E-state index contributed by atoms with van der Waals surface area (Å²) in [7, 11) is 3.95. The lowest BCUT2D eigenvalue weighted by atomic mass is 10.0. The maximum atomic E-state index is 12.9. The van der Waals surface area contributed by atoms with Crippen LogP contribution in [0.25, 0.3) is 32.0 Å². The minimum Gasteiger partial charge on any atom is -0.494 e. The Balaban J connectivity index is 0.925. The molecule has 3 aromatic heterocycles. The van der Waals surface area contributed by atoms with Crippen LogP contribution in [-0.2, 0) is 22.6 Å². The number of unbranched alkanes of at least 4 members (excludes halogenated alkanes) is 1. The quantitative estimate of drug-likeness (QED) is 0.144. The smallest absolute Gasteiger partial charge is 0.255 e. The lowest BCUT2D eigenvalue weighted by molar-refractivity contribution is -0.136. The molecule has 7 rings (SSSR count). The Morgan fingerprint density at radius 1 is 0.979 bits per heavy atom. The van der Waals surface area contributed by atoms with Gasteiger partial charge in [0.25, 0.3) is 5.91 Å². The third-order valence-corrected chi connectivity index (χ3v) is 9.97. The second-order valence-corrected chi connectivity index (χ2v) is 13.6. The number of pyridine rings is 2. The minimum absolute atomic E-state index is 0.180. The predicted molar refractivity (Wildman–Crippen MR) is 186 cm³/mol. The van der Waals surface area contributed by atoms with Crippen molar-refractivity contribution in [2.45, 2.75) is 51.6 Å². The van der Waals surface area contributed by atoms with Crippen LogP contribution in [0.1, 0.15) is 52.7 Å². The van der Waals surface area contributed by atoms with Gasteiger partial charge in [0.2, 0.25) is 11.8 Å². The van der Waals surface area contributed by atoms with Crippen molar-refractivity contribution in [1.82, 2.24) is 25.2 Å². The Morgan fingerprint density at radius 2 is 1.85 bits per heavy atom. The molecule has 10 nitrogen and oxygen atoms in total. The molecule has 11 heteroatoms. The summed E-state index contributed by atoms with van der Waals surface area (Å²) in [5, 5.41) is 3.30. The second kappa shape index (κ2) is 13.2. The van der Waals surface area contributed by atoms with Gasteiger partial charge in [-0.25, -0.2) is 9.97 Å². The van der Waals surface area contributed by atoms with Gasteiger partial charge in [0.15, 0.2) is 0 Å². The molecule has 244 valence electrons. The number of aromatic nitrogens is 3. The van der Waals surface area contributed by atoms with Crippen LogP contribution in [0.5, 0.6) is 5.75 Å². The third-order valence-electron chi connectivity index (χ3n) is 8.92. The molecule has 0 saturated carbocycles. The number of fused-ring (bicyclic) bond motifs is 2. The van der Waals surface area contributed by atoms with Gasteiger partial charge in [-0.2, -0.15) is 0 Å². The van der Waals surface area contributed by atoms with Crippen molar-refractivity contribution < 1.29 is 19.1 Å². The zero-order valence-electron chi connectivity index (χ0n) is 27.2. The number of anilines is 1. The number of carbonyl (C=O) groups excluding carboxylic acids is 3. The first-order valence-electron chi connectivity index (χ1n) is 16.1. The zero-order valence-corrected chi connectivity index (χ0v) is 28.0. The zero-order chi connectivity index (χ0) is 33.4. The molecule has 0 radical (unpaired) electrons. The second-order valence-electron chi connectivity index (χ2n) is 12.5. The van der Waals surface area contributed by atoms with Gasteiger partial charge in [-0.15, -0.1) is 11.3 Å². The molecule has 1 N–H and O–H groups in total. The minimum atomic E-state index is -0.620. The predicted octanol–water partition coefficient (Wildman–Crippen LogP) is 5.96. The van der Waals surface area contributed by atoms with Crippen LogP contribution in [0, 0.1) is 6.92 Å². The van der Waals surface area contributed by atoms with Gasteiger partial charge in [0, 0.05) is 56.1 Å². The van der Waals surface area contributed by atoms with E-state index in [-0.39, 0.29) is 18.2 Å². The van der Waals surface area contributed by atoms with E-state index in [0.29, 0.717) is 30.9 Å². The van der Waals surface area contributed by atoms with Crippen molar-refractivity contribution in [1.29, 1.82) is 0 Å². The monoisotopic (exact) mass is 660 g/mol. The standard InChI is InChI=1S/C37H36N6O4S/c1-22-16-30(24-8-13-33(39-19-24)42(2)3)38-20-28(22)36-40-29-11-7-23(17-32(29)48-36)6-4-5-15-47-26-9-10-27-25(18-26)21-43(37(27)46)31-12-14-34(44)41-35(31)45/h7-11,13,16-20,31H,4-6,12,14-15,21H2,1-3H3,(H,41,44,45). The fourth-order valence-corrected chi connectivity index (χ4v) is 7.35. The number of rotatable bonds is 10. The molecule has 1 atom stereocenters. The summed E-state index contributed by atoms with van der Waals surface area (Å²) < 4.78 is 7.19. The van der Waals surface area contributed by atoms with Gasteiger partial charge in [-0.05, 0) is 97.8 Å². The molecule has 0 bridgehead atoms. The van der Waals surface area contributed by atoms with Crippen molar-refractivity contribution in [2.24, 2.45) is 0 Å². The van der Waals surface area contributed by atoms with Gasteiger partial charge in [0.05, 0.1) is 22.5 Å². The Kier molecular flexibility index (Phi) is 8.62. The van der Waals surface area contributed by atoms with Gasteiger partial charge < -0.3 is 14.5 Å². The van der Waals surface area contributed by atoms with Gasteiger partial charge >= 0.3 is 0 Å². The molecule has 2 aromatic carbocycles. The van der Waals surface area contributed by atoms with Crippen LogP contribution in [0.3, 0.4) is 0 Å². The Morgan fingerprint density at radius 3 is 2.62 bits per heavy atom. The van der Waals surface area contributed by atoms with Crippen molar-refractivity contribution in [3.63, 3.8) is 0 Å². The Bertz CT molecular complexity index is 2040. The number of aryl methyl sites for hydroxylation is 2. The highest BCUT2D eigenvalue weighted by Gasteiger charge is 2.39. The first kappa shape index (κ1) is 31.4. The Labute approximate surface area is 282 Å². The van der Waals surface area contributed by atoms with Gasteiger partial charge in [-0.3, -0.25) is 24.7 Å². The lowest BCUT2D eigenvalue weighted by Gasteiger charge is -2.29. The number of ether oxygens (including phenoxy) is 1. The van der Waals surface area contributed by atoms with E-state index in [1.807, 2.05) is 55.7 Å². The van der Waals surface area contributed by atoms with Crippen LogP contribution in [0.2, 0.25) is 0 Å². The highest BCUT2D eigenvalue weighted by molar-refractivity contribution is 7.21. The van der Waals surface area contributed by atoms with E-state index in [1.165, 1.54) is 5.56 Å². The highest BCUT2D eigenvalue weighted by atomic mass is 32.1. The third kappa shape index (κ3) is 6.37. The van der Waals surface area contributed by atoms with Crippen molar-refractivity contribution in [3.8, 4) is 27.6 Å². The number of thiazole rings is 1. The molecule has 1 saturated heterocycles. The number of hydrogen-bond donors (Lipinski definition) is 1. The summed E-state index contributed by atoms with van der Waals surface area (Å²) in [6.45, 7) is 3.00. The van der Waals surface area contributed by atoms with Crippen molar-refractivity contribution in [3.05, 3.63) is 89.2 Å². The van der Waals surface area contributed by atoms with E-state index in [4.69, 9.17) is 14.7 Å². The number of benzene rings is 2. The topological polar surface area (TPSA) is 118 Å². The van der Waals surface area contributed by atoms with Crippen LogP contribution >= 0.6 is 11.3 Å². The number of amides is 3. The van der Waals surface area contributed by atoms with Gasteiger partial charge in [-0.1, -0.05) is 6.07 Å². The van der Waals surface area contributed by atoms with Crippen molar-refractivity contribution in [2.75, 3.05) is 25.6 Å². The van der Waals surface area contributed by atoms with E-state index < -0.39 is 11.9 Å². The number of hydrogen-bond acceptors (Lipinski definition) is 9. The maximum Gasteiger partial charge on any atom is 0.255 e. The molecule has 0 spiro atoms. The van der Waals surface area contributed by atoms with Crippen LogP contribution < -0.4 is 15.0 Å². The summed E-state index contributed by atoms with van der Waals surface area (Å²) in [6.07, 6.45) is 7.15. The number of nitrogens with one attached hydrogen (secondary N) is 1. The van der Waals surface area contributed by atoms with Gasteiger partial charge in [0.1, 0.15) is 22.6 Å². The summed E-state index contributed by atoms with van der Waals surface area (Å²) in [5.74, 6) is 0.743. The number of imide groups is 1. The molecule has 48 heavy (non-hydrogen) atoms. The number of carbonyl (C=O) groups is 3. The fraction of sp³-hybridized carbons (Fsp3) is 0.297. The number of nitrogens with zero attached hydrogens (tertiary/aromatic N) is 5. The largest absolute Gasteiger partial charge is 0.494 e. The van der Waals surface area contributed by atoms with Crippen molar-refractivity contribution >= 4 is 45.1 Å². The van der Waals surface area contributed by atoms with E-state index in [2.05, 4.69) is 41.5 Å². The average Bonchev–Trinajstić information content (AvgIpc) is 3.64. The number of piperidine rings is 1. The maximum absolute atomic E-state index is 12.9. The molecule has 0 aliphatic carbocycles. The summed E-state index contributed by atoms with van der Waals surface area (Å²) in [5.41, 5.74) is 7.71. The molecule has 5 aromatic rings. The van der Waals surface area contributed by atoms with E-state index in [1.54, 1.807) is 22.3 Å². The highest BCUT2D eigenvalue weighted by Crippen LogP contribution is 2.34. The average molecular weight is 661 g/mol. The Hall–Kier alpha value is -5.16. The molecule has 1 fully saturated rings. The van der Waals surface area contributed by atoms with Crippen LogP contribution in [-0.4, -0.2) is 64.3 Å². The summed E-state index contributed by atoms with van der Waals surface area (Å²) in [6, 6.07) is 17.5. The summed E-state index contributed by atoms with van der Waals surface area (Å²) in [4.78, 5) is 54.5. The van der Waals surface area contributed by atoms with Crippen LogP contribution in [0.15, 0.2) is 67.0 Å². The normalized spacial score (nSPS) is 15.9. The molecule has 2 aliphatic heterocycles. The fourth-order valence-electron chi connectivity index (χ4n) is 6.24. The molecule has 1 unspecified atom stereocenters. The van der Waals surface area contributed by atoms with E-state index in [0.717, 1.165) is 68.3 Å². The molecule has 5 heterocycles. The molecule has 3 amide bonds. The summed E-state index contributed by atoms with van der Waals surface area (Å²) >= 11 is 1.69. The van der Waals surface area contributed by atoms with Crippen LogP contribution in [0.4, 0.5) is 5.82 Å².